The second-order valence-corrected chi connectivity index (χ2v) is 5.34. The van der Waals surface area contributed by atoms with E-state index < -0.39 is 0 Å². The molecule has 1 aromatic carbocycles. The number of hydrogen-bond donors (Lipinski definition) is 0. The van der Waals surface area contributed by atoms with Gasteiger partial charge in [-0.15, -0.1) is 0 Å². The van der Waals surface area contributed by atoms with E-state index in [9.17, 15) is 4.79 Å². The van der Waals surface area contributed by atoms with Crippen molar-refractivity contribution in [2.45, 2.75) is 39.5 Å². The number of nitrogens with zero attached hydrogens (tertiary/aromatic N) is 2. The largest absolute Gasteiger partial charge is 0.294 e. The normalized spacial score (nSPS) is 15.2. The van der Waals surface area contributed by atoms with Crippen LogP contribution < -0.4 is 0 Å². The van der Waals surface area contributed by atoms with E-state index in [1.54, 1.807) is 6.20 Å². The smallest absolute Gasteiger partial charge is 0.166 e. The number of carbonyl (C=O) groups excluding carboxylic acids is 1. The van der Waals surface area contributed by atoms with Crippen LogP contribution in [-0.2, 0) is 6.42 Å². The van der Waals surface area contributed by atoms with Crippen molar-refractivity contribution in [2.75, 3.05) is 0 Å². The monoisotopic (exact) mass is 254 g/mol. The fourth-order valence-corrected chi connectivity index (χ4v) is 2.81. The molecule has 0 saturated carbocycles. The number of benzene rings is 1. The van der Waals surface area contributed by atoms with Gasteiger partial charge in [0.25, 0.3) is 0 Å². The molecule has 19 heavy (non-hydrogen) atoms. The Morgan fingerprint density at radius 2 is 1.95 bits per heavy atom. The Balaban J connectivity index is 2.14. The van der Waals surface area contributed by atoms with E-state index in [2.05, 4.69) is 37.1 Å². The summed E-state index contributed by atoms with van der Waals surface area (Å²) in [7, 11) is 0. The molecule has 0 bridgehead atoms. The van der Waals surface area contributed by atoms with Gasteiger partial charge >= 0.3 is 0 Å². The van der Waals surface area contributed by atoms with Crippen molar-refractivity contribution in [3.63, 3.8) is 0 Å². The van der Waals surface area contributed by atoms with Gasteiger partial charge in [-0.2, -0.15) is 5.10 Å². The van der Waals surface area contributed by atoms with Crippen LogP contribution in [0.4, 0.5) is 0 Å². The molecule has 1 aliphatic rings. The Labute approximate surface area is 113 Å². The molecule has 3 heteroatoms. The lowest BCUT2D eigenvalue weighted by Crippen LogP contribution is -2.06. The first-order valence-electron chi connectivity index (χ1n) is 6.84. The van der Waals surface area contributed by atoms with Gasteiger partial charge < -0.3 is 0 Å². The number of hydrogen-bond acceptors (Lipinski definition) is 2. The van der Waals surface area contributed by atoms with Gasteiger partial charge in [0.2, 0.25) is 0 Å². The first-order valence-corrected chi connectivity index (χ1v) is 6.84. The predicted molar refractivity (Wildman–Crippen MR) is 74.9 cm³/mol. The Hall–Kier alpha value is -1.90. The average molecular weight is 254 g/mol. The van der Waals surface area contributed by atoms with Crippen LogP contribution in [0.5, 0.6) is 0 Å². The zero-order chi connectivity index (χ0) is 13.4. The molecule has 0 fully saturated rings. The van der Waals surface area contributed by atoms with Gasteiger partial charge in [-0.25, -0.2) is 4.68 Å². The van der Waals surface area contributed by atoms with E-state index in [4.69, 9.17) is 0 Å². The molecule has 1 aliphatic carbocycles. The molecule has 0 spiro atoms. The highest BCUT2D eigenvalue weighted by molar-refractivity contribution is 5.97. The van der Waals surface area contributed by atoms with Crippen LogP contribution in [0, 0.1) is 13.8 Å². The summed E-state index contributed by atoms with van der Waals surface area (Å²) in [5.41, 5.74) is 5.42. The fourth-order valence-electron chi connectivity index (χ4n) is 2.81. The summed E-state index contributed by atoms with van der Waals surface area (Å²) in [4.78, 5) is 12.0. The van der Waals surface area contributed by atoms with E-state index in [1.807, 2.05) is 4.68 Å². The highest BCUT2D eigenvalue weighted by Crippen LogP contribution is 2.24. The van der Waals surface area contributed by atoms with E-state index >= 15 is 0 Å². The maximum absolute atomic E-state index is 12.0. The molecule has 2 aromatic rings. The van der Waals surface area contributed by atoms with E-state index in [0.717, 1.165) is 36.2 Å². The third kappa shape index (κ3) is 2.09. The highest BCUT2D eigenvalue weighted by Gasteiger charge is 2.21. The standard InChI is InChI=1S/C16H18N2O/c1-11-7-8-14(12(2)9-11)18-15-5-3-4-6-16(19)13(15)10-17-18/h7-10H,3-6H2,1-2H3. The summed E-state index contributed by atoms with van der Waals surface area (Å²) in [6.07, 6.45) is 5.39. The maximum atomic E-state index is 12.0. The number of ketones is 1. The Morgan fingerprint density at radius 3 is 2.74 bits per heavy atom. The van der Waals surface area contributed by atoms with Crippen LogP contribution in [0.2, 0.25) is 0 Å². The molecule has 1 aromatic heterocycles. The van der Waals surface area contributed by atoms with Gasteiger partial charge in [0.15, 0.2) is 5.78 Å². The van der Waals surface area contributed by atoms with Crippen LogP contribution in [0.3, 0.4) is 0 Å². The molecule has 98 valence electrons. The van der Waals surface area contributed by atoms with Gasteiger partial charge in [0, 0.05) is 6.42 Å². The third-order valence-electron chi connectivity index (χ3n) is 3.82. The number of rotatable bonds is 1. The molecule has 0 N–H and O–H groups in total. The summed E-state index contributed by atoms with van der Waals surface area (Å²) < 4.78 is 1.95. The van der Waals surface area contributed by atoms with Crippen LogP contribution in [0.1, 0.15) is 46.4 Å². The van der Waals surface area contributed by atoms with Gasteiger partial charge in [-0.3, -0.25) is 4.79 Å². The summed E-state index contributed by atoms with van der Waals surface area (Å²) in [6.45, 7) is 4.18. The minimum Gasteiger partial charge on any atom is -0.294 e. The van der Waals surface area contributed by atoms with Crippen LogP contribution in [-0.4, -0.2) is 15.6 Å². The number of fused-ring (bicyclic) bond motifs is 1. The lowest BCUT2D eigenvalue weighted by molar-refractivity contribution is 0.0982. The van der Waals surface area contributed by atoms with Gasteiger partial charge in [0.05, 0.1) is 23.1 Å². The van der Waals surface area contributed by atoms with Gasteiger partial charge in [0.1, 0.15) is 0 Å². The average Bonchev–Trinajstić information content (AvgIpc) is 2.69. The topological polar surface area (TPSA) is 34.9 Å². The minimum atomic E-state index is 0.239. The molecule has 3 nitrogen and oxygen atoms in total. The molecule has 0 radical (unpaired) electrons. The first kappa shape index (κ1) is 12.2. The van der Waals surface area contributed by atoms with Crippen molar-refractivity contribution >= 4 is 5.78 Å². The van der Waals surface area contributed by atoms with Crippen LogP contribution in [0.15, 0.2) is 24.4 Å². The van der Waals surface area contributed by atoms with E-state index in [1.165, 1.54) is 11.1 Å². The maximum Gasteiger partial charge on any atom is 0.166 e. The zero-order valence-electron chi connectivity index (χ0n) is 11.4. The second-order valence-electron chi connectivity index (χ2n) is 5.34. The van der Waals surface area contributed by atoms with Crippen molar-refractivity contribution < 1.29 is 4.79 Å². The summed E-state index contributed by atoms with van der Waals surface area (Å²) >= 11 is 0. The molecule has 0 unspecified atom stereocenters. The van der Waals surface area contributed by atoms with Crippen molar-refractivity contribution in [2.24, 2.45) is 0 Å². The highest BCUT2D eigenvalue weighted by atomic mass is 16.1. The summed E-state index contributed by atoms with van der Waals surface area (Å²) in [6, 6.07) is 6.34. The lowest BCUT2D eigenvalue weighted by Gasteiger charge is -2.11. The molecule has 0 saturated heterocycles. The Kier molecular flexibility index (Phi) is 2.97. The van der Waals surface area contributed by atoms with Crippen molar-refractivity contribution in [3.8, 4) is 5.69 Å². The molecule has 1 heterocycles. The Bertz CT molecular complexity index is 640. The number of carbonyl (C=O) groups is 1. The van der Waals surface area contributed by atoms with E-state index in [0.29, 0.717) is 6.42 Å². The van der Waals surface area contributed by atoms with Gasteiger partial charge in [-0.1, -0.05) is 17.7 Å². The van der Waals surface area contributed by atoms with Crippen molar-refractivity contribution in [1.29, 1.82) is 0 Å². The number of Topliss-reactive ketones (excluding diaryl/α,β-unsaturated/α-hetero) is 1. The SMILES string of the molecule is Cc1ccc(-n2ncc3c2CCCCC3=O)c(C)c1. The molecule has 0 aliphatic heterocycles. The summed E-state index contributed by atoms with van der Waals surface area (Å²) in [5.74, 6) is 0.239. The van der Waals surface area contributed by atoms with Crippen LogP contribution >= 0.6 is 0 Å². The molecule has 0 atom stereocenters. The Morgan fingerprint density at radius 1 is 1.16 bits per heavy atom. The second kappa shape index (κ2) is 4.65. The van der Waals surface area contributed by atoms with Crippen LogP contribution in [0.25, 0.3) is 5.69 Å². The molecule has 3 rings (SSSR count). The molecular weight excluding hydrogens is 236 g/mol. The fraction of sp³-hybridized carbons (Fsp3) is 0.375. The number of aryl methyl sites for hydroxylation is 2. The minimum absolute atomic E-state index is 0.239. The third-order valence-corrected chi connectivity index (χ3v) is 3.82. The molecule has 0 amide bonds. The lowest BCUT2D eigenvalue weighted by atomic mass is 10.1. The zero-order valence-corrected chi connectivity index (χ0v) is 11.4. The van der Waals surface area contributed by atoms with Crippen molar-refractivity contribution in [1.82, 2.24) is 9.78 Å². The van der Waals surface area contributed by atoms with E-state index in [-0.39, 0.29) is 5.78 Å². The summed E-state index contributed by atoms with van der Waals surface area (Å²) in [5, 5.41) is 4.45. The predicted octanol–water partition coefficient (Wildman–Crippen LogP) is 3.40. The number of aromatic nitrogens is 2. The van der Waals surface area contributed by atoms with Gasteiger partial charge in [-0.05, 0) is 44.7 Å². The quantitative estimate of drug-likeness (QED) is 0.731. The first-order chi connectivity index (χ1) is 9.16. The van der Waals surface area contributed by atoms with Crippen molar-refractivity contribution in [3.05, 3.63) is 46.8 Å². The molecular formula is C16H18N2O.